The summed E-state index contributed by atoms with van der Waals surface area (Å²) in [6.45, 7) is 5.79. The standard InChI is InChI=1S/C24H19Cl2N3O3S/c1-12-4-5-16(25)10-20(12)27-24-28-22(30)21(33-24)9-15-8-13(2)29(14(15)3)17-6-7-18(23(31)32)19(26)11-17/h4-11H,1-3H3,(H,31,32)(H,27,28,30)/b21-9-. The number of nitrogens with zero attached hydrogens (tertiary/aromatic N) is 2. The summed E-state index contributed by atoms with van der Waals surface area (Å²) in [5, 5.41) is 13.2. The van der Waals surface area contributed by atoms with Crippen LogP contribution in [-0.2, 0) is 4.79 Å². The van der Waals surface area contributed by atoms with Crippen LogP contribution in [0.2, 0.25) is 10.0 Å². The van der Waals surface area contributed by atoms with Gasteiger partial charge >= 0.3 is 5.97 Å². The fourth-order valence-electron chi connectivity index (χ4n) is 3.58. The van der Waals surface area contributed by atoms with Crippen molar-refractivity contribution in [3.63, 3.8) is 0 Å². The molecule has 0 aliphatic carbocycles. The summed E-state index contributed by atoms with van der Waals surface area (Å²) in [6, 6.07) is 12.2. The molecule has 168 valence electrons. The van der Waals surface area contributed by atoms with Gasteiger partial charge < -0.3 is 15.0 Å². The number of carboxylic acid groups (broad SMARTS) is 1. The average molecular weight is 500 g/mol. The highest BCUT2D eigenvalue weighted by molar-refractivity contribution is 8.18. The topological polar surface area (TPSA) is 83.7 Å². The Morgan fingerprint density at radius 1 is 1.12 bits per heavy atom. The van der Waals surface area contributed by atoms with Gasteiger partial charge in [0.1, 0.15) is 0 Å². The highest BCUT2D eigenvalue weighted by atomic mass is 35.5. The first-order valence-electron chi connectivity index (χ1n) is 9.92. The third-order valence-electron chi connectivity index (χ3n) is 5.24. The molecular formula is C24H19Cl2N3O3S. The van der Waals surface area contributed by atoms with Gasteiger partial charge in [0.25, 0.3) is 5.91 Å². The predicted molar refractivity (Wildman–Crippen MR) is 134 cm³/mol. The van der Waals surface area contributed by atoms with E-state index < -0.39 is 5.97 Å². The molecule has 0 spiro atoms. The number of aliphatic imine (C=N–C) groups is 1. The van der Waals surface area contributed by atoms with Crippen molar-refractivity contribution in [1.82, 2.24) is 9.88 Å². The number of carboxylic acids is 1. The smallest absolute Gasteiger partial charge is 0.337 e. The number of amides is 1. The van der Waals surface area contributed by atoms with Crippen LogP contribution in [0.3, 0.4) is 0 Å². The number of carbonyl (C=O) groups excluding carboxylic acids is 1. The Labute approximate surface area is 204 Å². The van der Waals surface area contributed by atoms with Gasteiger partial charge in [-0.2, -0.15) is 0 Å². The summed E-state index contributed by atoms with van der Waals surface area (Å²) in [4.78, 5) is 28.9. The molecule has 2 heterocycles. The molecule has 0 radical (unpaired) electrons. The minimum atomic E-state index is -1.08. The van der Waals surface area contributed by atoms with Crippen LogP contribution in [0, 0.1) is 20.8 Å². The maximum absolute atomic E-state index is 12.6. The molecule has 6 nitrogen and oxygen atoms in total. The first-order chi connectivity index (χ1) is 15.6. The lowest BCUT2D eigenvalue weighted by atomic mass is 10.2. The average Bonchev–Trinajstić information content (AvgIpc) is 3.22. The van der Waals surface area contributed by atoms with E-state index >= 15 is 0 Å². The lowest BCUT2D eigenvalue weighted by molar-refractivity contribution is -0.115. The van der Waals surface area contributed by atoms with E-state index in [9.17, 15) is 14.7 Å². The van der Waals surface area contributed by atoms with Gasteiger partial charge in [0, 0.05) is 22.1 Å². The zero-order valence-corrected chi connectivity index (χ0v) is 20.3. The van der Waals surface area contributed by atoms with E-state index in [1.807, 2.05) is 43.5 Å². The number of halogens is 2. The van der Waals surface area contributed by atoms with E-state index in [-0.39, 0.29) is 16.5 Å². The summed E-state index contributed by atoms with van der Waals surface area (Å²) in [5.41, 5.74) is 5.12. The Balaban J connectivity index is 1.66. The molecule has 1 amide bonds. The molecule has 2 N–H and O–H groups in total. The molecule has 2 aromatic carbocycles. The van der Waals surface area contributed by atoms with Gasteiger partial charge in [-0.15, -0.1) is 0 Å². The predicted octanol–water partition coefficient (Wildman–Crippen LogP) is 6.30. The number of amidine groups is 1. The van der Waals surface area contributed by atoms with Crippen LogP contribution in [0.15, 0.2) is 52.4 Å². The molecule has 1 saturated heterocycles. The van der Waals surface area contributed by atoms with Gasteiger partial charge in [0.05, 0.1) is 21.2 Å². The maximum atomic E-state index is 12.6. The maximum Gasteiger partial charge on any atom is 0.337 e. The Kier molecular flexibility index (Phi) is 6.38. The zero-order valence-electron chi connectivity index (χ0n) is 17.9. The third kappa shape index (κ3) is 4.71. The first-order valence-corrected chi connectivity index (χ1v) is 11.5. The van der Waals surface area contributed by atoms with Crippen molar-refractivity contribution in [3.8, 4) is 5.69 Å². The second-order valence-electron chi connectivity index (χ2n) is 7.54. The lowest BCUT2D eigenvalue weighted by Crippen LogP contribution is -2.19. The second-order valence-corrected chi connectivity index (χ2v) is 9.42. The number of aryl methyl sites for hydroxylation is 2. The van der Waals surface area contributed by atoms with Gasteiger partial charge in [-0.25, -0.2) is 9.79 Å². The van der Waals surface area contributed by atoms with Crippen LogP contribution >= 0.6 is 35.0 Å². The minimum Gasteiger partial charge on any atom is -0.478 e. The molecule has 1 fully saturated rings. The Morgan fingerprint density at radius 2 is 1.88 bits per heavy atom. The first kappa shape index (κ1) is 23.2. The van der Waals surface area contributed by atoms with Crippen LogP contribution in [0.4, 0.5) is 5.69 Å². The van der Waals surface area contributed by atoms with E-state index in [0.717, 1.165) is 28.2 Å². The van der Waals surface area contributed by atoms with Crippen molar-refractivity contribution in [1.29, 1.82) is 0 Å². The quantitative estimate of drug-likeness (QED) is 0.412. The lowest BCUT2D eigenvalue weighted by Gasteiger charge is -2.11. The van der Waals surface area contributed by atoms with Crippen LogP contribution in [-0.4, -0.2) is 26.7 Å². The SMILES string of the molecule is Cc1ccc(Cl)cc1N=C1NC(=O)/C(=C/c2cc(C)n(-c3ccc(C(=O)O)c(Cl)c3)c2C)S1. The van der Waals surface area contributed by atoms with Gasteiger partial charge in [0.2, 0.25) is 0 Å². The fourth-order valence-corrected chi connectivity index (χ4v) is 4.83. The molecule has 9 heteroatoms. The van der Waals surface area contributed by atoms with Crippen molar-refractivity contribution < 1.29 is 14.7 Å². The van der Waals surface area contributed by atoms with Crippen molar-refractivity contribution in [2.75, 3.05) is 0 Å². The number of aromatic carboxylic acids is 1. The fraction of sp³-hybridized carbons (Fsp3) is 0.125. The van der Waals surface area contributed by atoms with Gasteiger partial charge in [0.15, 0.2) is 5.17 Å². The van der Waals surface area contributed by atoms with Crippen molar-refractivity contribution >= 4 is 63.8 Å². The van der Waals surface area contributed by atoms with Crippen molar-refractivity contribution in [2.45, 2.75) is 20.8 Å². The Morgan fingerprint density at radius 3 is 2.58 bits per heavy atom. The molecule has 4 rings (SSSR count). The monoisotopic (exact) mass is 499 g/mol. The second kappa shape index (κ2) is 9.09. The normalized spacial score (nSPS) is 16.0. The molecule has 0 atom stereocenters. The number of nitrogens with one attached hydrogen (secondary N) is 1. The van der Waals surface area contributed by atoms with Gasteiger partial charge in [-0.1, -0.05) is 29.3 Å². The summed E-state index contributed by atoms with van der Waals surface area (Å²) in [6.07, 6.45) is 1.82. The number of carbonyl (C=O) groups is 2. The number of hydrogen-bond acceptors (Lipinski definition) is 4. The summed E-state index contributed by atoms with van der Waals surface area (Å²) in [5.74, 6) is -1.30. The highest BCUT2D eigenvalue weighted by Crippen LogP contribution is 2.32. The van der Waals surface area contributed by atoms with Crippen molar-refractivity contribution in [2.24, 2.45) is 4.99 Å². The molecule has 3 aromatic rings. The number of rotatable bonds is 4. The largest absolute Gasteiger partial charge is 0.478 e. The number of benzene rings is 2. The molecule has 1 aromatic heterocycles. The van der Waals surface area contributed by atoms with Gasteiger partial charge in [-0.05, 0) is 86.1 Å². The van der Waals surface area contributed by atoms with E-state index in [0.29, 0.717) is 20.8 Å². The van der Waals surface area contributed by atoms with E-state index in [1.54, 1.807) is 24.3 Å². The zero-order chi connectivity index (χ0) is 23.9. The molecule has 0 bridgehead atoms. The molecule has 1 aliphatic heterocycles. The van der Waals surface area contributed by atoms with E-state index in [4.69, 9.17) is 23.2 Å². The number of hydrogen-bond donors (Lipinski definition) is 2. The number of thioether (sulfide) groups is 1. The summed E-state index contributed by atoms with van der Waals surface area (Å²) >= 11 is 13.5. The van der Waals surface area contributed by atoms with Gasteiger partial charge in [-0.3, -0.25) is 4.79 Å². The van der Waals surface area contributed by atoms with E-state index in [1.165, 1.54) is 17.8 Å². The third-order valence-corrected chi connectivity index (χ3v) is 6.70. The summed E-state index contributed by atoms with van der Waals surface area (Å²) < 4.78 is 1.96. The highest BCUT2D eigenvalue weighted by Gasteiger charge is 2.25. The van der Waals surface area contributed by atoms with Crippen LogP contribution in [0.1, 0.15) is 32.9 Å². The minimum absolute atomic E-state index is 0.0472. The molecule has 0 saturated carbocycles. The van der Waals surface area contributed by atoms with Crippen LogP contribution in [0.5, 0.6) is 0 Å². The number of aromatic nitrogens is 1. The molecule has 0 unspecified atom stereocenters. The summed E-state index contributed by atoms with van der Waals surface area (Å²) in [7, 11) is 0. The molecular weight excluding hydrogens is 481 g/mol. The Hall–Kier alpha value is -3.00. The molecule has 33 heavy (non-hydrogen) atoms. The van der Waals surface area contributed by atoms with Crippen LogP contribution < -0.4 is 5.32 Å². The Bertz CT molecular complexity index is 1380. The molecule has 1 aliphatic rings. The van der Waals surface area contributed by atoms with Crippen LogP contribution in [0.25, 0.3) is 11.8 Å². The van der Waals surface area contributed by atoms with Crippen molar-refractivity contribution in [3.05, 3.63) is 85.5 Å². The van der Waals surface area contributed by atoms with E-state index in [2.05, 4.69) is 10.3 Å².